The summed E-state index contributed by atoms with van der Waals surface area (Å²) in [5.41, 5.74) is 4.94. The largest absolute Gasteiger partial charge is 0.409 e. The summed E-state index contributed by atoms with van der Waals surface area (Å²) in [7, 11) is -3.89. The van der Waals surface area contributed by atoms with Crippen LogP contribution in [0.4, 0.5) is 10.1 Å². The Kier molecular flexibility index (Phi) is 4.49. The summed E-state index contributed by atoms with van der Waals surface area (Å²) in [4.78, 5) is 0. The SMILES string of the molecule is N/C(=N/O)c1c(F)cccc1NS(=O)(=O)c1ccc(Br)s1. The molecule has 0 aliphatic heterocycles. The van der Waals surface area contributed by atoms with Crippen molar-refractivity contribution in [3.8, 4) is 0 Å². The van der Waals surface area contributed by atoms with Gasteiger partial charge in [0.1, 0.15) is 10.0 Å². The lowest BCUT2D eigenvalue weighted by Crippen LogP contribution is -2.20. The summed E-state index contributed by atoms with van der Waals surface area (Å²) in [5.74, 6) is -1.34. The predicted molar refractivity (Wildman–Crippen MR) is 81.7 cm³/mol. The first-order valence-electron chi connectivity index (χ1n) is 5.39. The maximum absolute atomic E-state index is 13.8. The molecule has 4 N–H and O–H groups in total. The lowest BCUT2D eigenvalue weighted by Gasteiger charge is -2.11. The molecule has 0 saturated heterocycles. The minimum Gasteiger partial charge on any atom is -0.409 e. The minimum absolute atomic E-state index is 0.0455. The van der Waals surface area contributed by atoms with Gasteiger partial charge in [-0.1, -0.05) is 11.2 Å². The molecule has 112 valence electrons. The van der Waals surface area contributed by atoms with Gasteiger partial charge in [0.25, 0.3) is 10.0 Å². The Morgan fingerprint density at radius 1 is 1.38 bits per heavy atom. The molecule has 2 rings (SSSR count). The molecule has 2 aromatic rings. The number of nitrogens with one attached hydrogen (secondary N) is 1. The van der Waals surface area contributed by atoms with Crippen LogP contribution in [0.2, 0.25) is 0 Å². The van der Waals surface area contributed by atoms with E-state index in [9.17, 15) is 12.8 Å². The molecule has 10 heteroatoms. The summed E-state index contributed by atoms with van der Waals surface area (Å²) in [6, 6.07) is 6.68. The van der Waals surface area contributed by atoms with Crippen LogP contribution in [0.15, 0.2) is 43.5 Å². The summed E-state index contributed by atoms with van der Waals surface area (Å²) in [6.07, 6.45) is 0. The van der Waals surface area contributed by atoms with Crippen LogP contribution in [0.1, 0.15) is 5.56 Å². The van der Waals surface area contributed by atoms with Crippen LogP contribution in [-0.2, 0) is 10.0 Å². The van der Waals surface area contributed by atoms with E-state index in [0.717, 1.165) is 17.4 Å². The molecule has 0 radical (unpaired) electrons. The van der Waals surface area contributed by atoms with E-state index in [1.807, 2.05) is 0 Å². The quantitative estimate of drug-likeness (QED) is 0.321. The van der Waals surface area contributed by atoms with Crippen molar-refractivity contribution >= 4 is 48.8 Å². The topological polar surface area (TPSA) is 105 Å². The second kappa shape index (κ2) is 6.00. The maximum Gasteiger partial charge on any atom is 0.271 e. The smallest absolute Gasteiger partial charge is 0.271 e. The van der Waals surface area contributed by atoms with Crippen molar-refractivity contribution in [3.05, 3.63) is 45.5 Å². The summed E-state index contributed by atoms with van der Waals surface area (Å²) in [5, 5.41) is 11.4. The first-order chi connectivity index (χ1) is 9.85. The third-order valence-corrected chi connectivity index (χ3v) is 5.92. The average molecular weight is 394 g/mol. The van der Waals surface area contributed by atoms with Crippen LogP contribution in [0.3, 0.4) is 0 Å². The molecule has 21 heavy (non-hydrogen) atoms. The molecule has 1 aromatic heterocycles. The van der Waals surface area contributed by atoms with E-state index >= 15 is 0 Å². The lowest BCUT2D eigenvalue weighted by molar-refractivity contribution is 0.318. The van der Waals surface area contributed by atoms with Crippen LogP contribution < -0.4 is 10.5 Å². The number of oxime groups is 1. The van der Waals surface area contributed by atoms with Crippen molar-refractivity contribution in [1.82, 2.24) is 0 Å². The van der Waals surface area contributed by atoms with Crippen molar-refractivity contribution in [2.75, 3.05) is 4.72 Å². The van der Waals surface area contributed by atoms with E-state index in [1.54, 1.807) is 6.07 Å². The number of anilines is 1. The predicted octanol–water partition coefficient (Wildman–Crippen LogP) is 2.55. The Bertz CT molecular complexity index is 805. The highest BCUT2D eigenvalue weighted by Crippen LogP contribution is 2.29. The molecule has 0 amide bonds. The number of nitrogens with two attached hydrogens (primary N) is 1. The Balaban J connectivity index is 2.47. The number of hydrogen-bond donors (Lipinski definition) is 3. The molecular weight excluding hydrogens is 385 g/mol. The fourth-order valence-electron chi connectivity index (χ4n) is 1.56. The Morgan fingerprint density at radius 3 is 2.67 bits per heavy atom. The van der Waals surface area contributed by atoms with E-state index in [4.69, 9.17) is 10.9 Å². The van der Waals surface area contributed by atoms with Crippen LogP contribution in [-0.4, -0.2) is 19.5 Å². The molecule has 0 atom stereocenters. The third kappa shape index (κ3) is 3.34. The van der Waals surface area contributed by atoms with Crippen LogP contribution in [0, 0.1) is 5.82 Å². The number of sulfonamides is 1. The number of halogens is 2. The number of nitrogens with zero attached hydrogens (tertiary/aromatic N) is 1. The van der Waals surface area contributed by atoms with Crippen molar-refractivity contribution in [2.24, 2.45) is 10.9 Å². The van der Waals surface area contributed by atoms with Gasteiger partial charge in [-0.05, 0) is 40.2 Å². The zero-order valence-corrected chi connectivity index (χ0v) is 13.5. The molecule has 0 aliphatic carbocycles. The van der Waals surface area contributed by atoms with Gasteiger partial charge in [0.05, 0.1) is 15.0 Å². The normalized spacial score (nSPS) is 12.4. The molecule has 0 bridgehead atoms. The highest BCUT2D eigenvalue weighted by atomic mass is 79.9. The zero-order chi connectivity index (χ0) is 15.6. The Hall–Kier alpha value is -1.65. The van der Waals surface area contributed by atoms with E-state index in [1.165, 1.54) is 18.2 Å². The van der Waals surface area contributed by atoms with Crippen LogP contribution in [0.25, 0.3) is 0 Å². The van der Waals surface area contributed by atoms with Crippen molar-refractivity contribution in [3.63, 3.8) is 0 Å². The summed E-state index contributed by atoms with van der Waals surface area (Å²) in [6.45, 7) is 0. The monoisotopic (exact) mass is 393 g/mol. The van der Waals surface area contributed by atoms with E-state index in [2.05, 4.69) is 25.8 Å². The van der Waals surface area contributed by atoms with E-state index in [0.29, 0.717) is 3.79 Å². The van der Waals surface area contributed by atoms with Gasteiger partial charge in [-0.2, -0.15) is 0 Å². The van der Waals surface area contributed by atoms with Gasteiger partial charge in [0.15, 0.2) is 5.84 Å². The number of thiophene rings is 1. The number of benzene rings is 1. The van der Waals surface area contributed by atoms with Crippen molar-refractivity contribution < 1.29 is 18.0 Å². The Labute approximate surface area is 132 Å². The van der Waals surface area contributed by atoms with Gasteiger partial charge < -0.3 is 10.9 Å². The van der Waals surface area contributed by atoms with Crippen LogP contribution in [0.5, 0.6) is 0 Å². The molecule has 0 saturated carbocycles. The molecule has 0 unspecified atom stereocenters. The molecule has 1 heterocycles. The van der Waals surface area contributed by atoms with Crippen molar-refractivity contribution in [1.29, 1.82) is 0 Å². The number of rotatable bonds is 4. The summed E-state index contributed by atoms with van der Waals surface area (Å²) >= 11 is 4.16. The van der Waals surface area contributed by atoms with Crippen molar-refractivity contribution in [2.45, 2.75) is 4.21 Å². The first kappa shape index (κ1) is 15.7. The highest BCUT2D eigenvalue weighted by Gasteiger charge is 2.21. The second-order valence-electron chi connectivity index (χ2n) is 3.81. The number of amidine groups is 1. The fourth-order valence-corrected chi connectivity index (χ4v) is 4.64. The van der Waals surface area contributed by atoms with Gasteiger partial charge in [0.2, 0.25) is 0 Å². The second-order valence-corrected chi connectivity index (χ2v) is 8.18. The van der Waals surface area contributed by atoms with Gasteiger partial charge >= 0.3 is 0 Å². The van der Waals surface area contributed by atoms with Gasteiger partial charge in [-0.15, -0.1) is 11.3 Å². The standard InChI is InChI=1S/C11H9BrFN3O3S2/c12-8-4-5-9(20-8)21(18,19)16-7-3-1-2-6(13)10(7)11(14)15-17/h1-5,16-17H,(H2,14,15). The molecule has 0 spiro atoms. The van der Waals surface area contributed by atoms with E-state index in [-0.39, 0.29) is 15.5 Å². The van der Waals surface area contributed by atoms with Gasteiger partial charge in [-0.3, -0.25) is 4.72 Å². The van der Waals surface area contributed by atoms with Crippen LogP contribution >= 0.6 is 27.3 Å². The molecule has 0 fully saturated rings. The first-order valence-corrected chi connectivity index (χ1v) is 8.49. The zero-order valence-electron chi connectivity index (χ0n) is 10.2. The summed E-state index contributed by atoms with van der Waals surface area (Å²) < 4.78 is 41.1. The van der Waals surface area contributed by atoms with Gasteiger partial charge in [0, 0.05) is 0 Å². The third-order valence-electron chi connectivity index (χ3n) is 2.44. The Morgan fingerprint density at radius 2 is 2.10 bits per heavy atom. The maximum atomic E-state index is 13.8. The fraction of sp³-hybridized carbons (Fsp3) is 0. The molecular formula is C11H9BrFN3O3S2. The highest BCUT2D eigenvalue weighted by molar-refractivity contribution is 9.11. The molecule has 0 aliphatic rings. The molecule has 1 aromatic carbocycles. The van der Waals surface area contributed by atoms with E-state index < -0.39 is 21.7 Å². The average Bonchev–Trinajstić information content (AvgIpc) is 2.85. The molecule has 6 nitrogen and oxygen atoms in total. The van der Waals surface area contributed by atoms with Gasteiger partial charge in [-0.25, -0.2) is 12.8 Å². The number of hydrogen-bond acceptors (Lipinski definition) is 5. The lowest BCUT2D eigenvalue weighted by atomic mass is 10.1. The minimum atomic E-state index is -3.89.